The average Bonchev–Trinajstić information content (AvgIpc) is 3.32. The van der Waals surface area contributed by atoms with Gasteiger partial charge in [0.1, 0.15) is 15.8 Å². The highest BCUT2D eigenvalue weighted by molar-refractivity contribution is 8.26. The van der Waals surface area contributed by atoms with Gasteiger partial charge in [0.2, 0.25) is 0 Å². The molecule has 1 atom stereocenters. The maximum atomic E-state index is 13.5. The number of carbonyl (C=O) groups is 1. The van der Waals surface area contributed by atoms with Crippen molar-refractivity contribution in [3.63, 3.8) is 0 Å². The summed E-state index contributed by atoms with van der Waals surface area (Å²) in [6.45, 7) is 4.76. The molecular weight excluding hydrogens is 517 g/mol. The Morgan fingerprint density at radius 2 is 1.94 bits per heavy atom. The lowest BCUT2D eigenvalue weighted by Crippen LogP contribution is -2.39. The number of carbonyl (C=O) groups excluding carboxylic acids is 1. The number of nitrogens with one attached hydrogen (secondary N) is 1. The molecule has 2 aromatic rings. The molecule has 8 nitrogen and oxygen atoms in total. The van der Waals surface area contributed by atoms with Crippen LogP contribution in [0.3, 0.4) is 0 Å². The first-order chi connectivity index (χ1) is 17.2. The zero-order valence-electron chi connectivity index (χ0n) is 20.7. The fourth-order valence-corrected chi connectivity index (χ4v) is 7.62. The number of thiocarbonyl (C=S) groups is 1. The van der Waals surface area contributed by atoms with Crippen LogP contribution in [0.1, 0.15) is 63.0 Å². The van der Waals surface area contributed by atoms with Gasteiger partial charge in [-0.05, 0) is 37.5 Å². The third-order valence-corrected chi connectivity index (χ3v) is 9.58. The normalized spacial score (nSPS) is 20.7. The highest BCUT2D eigenvalue weighted by Gasteiger charge is 2.42. The van der Waals surface area contributed by atoms with Crippen molar-refractivity contribution < 1.29 is 13.2 Å². The topological polar surface area (TPSA) is 101 Å². The molecule has 2 aliphatic heterocycles. The smallest absolute Gasteiger partial charge is 0.267 e. The second-order valence-corrected chi connectivity index (χ2v) is 13.3. The minimum atomic E-state index is -3.17. The van der Waals surface area contributed by atoms with Crippen molar-refractivity contribution in [1.29, 1.82) is 0 Å². The Labute approximate surface area is 221 Å². The summed E-state index contributed by atoms with van der Waals surface area (Å²) < 4.78 is 25.7. The number of unbranched alkanes of at least 4 members (excludes halogenated alkanes) is 5. The number of sulfone groups is 1. The van der Waals surface area contributed by atoms with Gasteiger partial charge in [-0.25, -0.2) is 13.4 Å². The van der Waals surface area contributed by atoms with Crippen molar-refractivity contribution in [3.05, 3.63) is 44.7 Å². The molecule has 0 spiro atoms. The minimum Gasteiger partial charge on any atom is -0.369 e. The van der Waals surface area contributed by atoms with Gasteiger partial charge in [-0.2, -0.15) is 0 Å². The standard InChI is InChI=1S/C25H32N4O4S3/c1-3-4-5-6-7-8-12-26-22-19(23(30)28-15-17(2)9-10-21(28)27-22)14-20-24(31)29(25(34)35-20)18-11-13-36(32,33)16-18/h9-10,14-15,18,26H,3-8,11-13,16H2,1-2H3/t18-/m1/s1. The van der Waals surface area contributed by atoms with Crippen LogP contribution in [0.5, 0.6) is 0 Å². The lowest BCUT2D eigenvalue weighted by molar-refractivity contribution is -0.123. The molecule has 0 unspecified atom stereocenters. The Hall–Kier alpha value is -2.24. The van der Waals surface area contributed by atoms with E-state index in [2.05, 4.69) is 17.2 Å². The molecule has 0 bridgehead atoms. The van der Waals surface area contributed by atoms with Crippen LogP contribution in [0.2, 0.25) is 0 Å². The van der Waals surface area contributed by atoms with Crippen LogP contribution in [-0.4, -0.2) is 57.0 Å². The summed E-state index contributed by atoms with van der Waals surface area (Å²) in [6.07, 6.45) is 10.5. The molecule has 11 heteroatoms. The Balaban J connectivity index is 1.62. The van der Waals surface area contributed by atoms with Gasteiger partial charge in [-0.15, -0.1) is 0 Å². The maximum absolute atomic E-state index is 13.5. The summed E-state index contributed by atoms with van der Waals surface area (Å²) in [7, 11) is -3.17. The number of aromatic nitrogens is 2. The van der Waals surface area contributed by atoms with Crippen molar-refractivity contribution in [2.24, 2.45) is 0 Å². The first-order valence-corrected chi connectivity index (χ1v) is 15.5. The molecular formula is C25H32N4O4S3. The number of aryl methyl sites for hydroxylation is 1. The van der Waals surface area contributed by atoms with E-state index >= 15 is 0 Å². The molecule has 0 aromatic carbocycles. The number of hydrogen-bond acceptors (Lipinski definition) is 8. The quantitative estimate of drug-likeness (QED) is 0.268. The second kappa shape index (κ2) is 11.4. The van der Waals surface area contributed by atoms with Crippen LogP contribution in [0, 0.1) is 6.92 Å². The van der Waals surface area contributed by atoms with E-state index in [1.807, 2.05) is 13.0 Å². The summed E-state index contributed by atoms with van der Waals surface area (Å²) in [6, 6.07) is 3.24. The monoisotopic (exact) mass is 548 g/mol. The highest BCUT2D eigenvalue weighted by Crippen LogP contribution is 2.36. The van der Waals surface area contributed by atoms with E-state index in [4.69, 9.17) is 12.2 Å². The number of thioether (sulfide) groups is 1. The molecule has 2 fully saturated rings. The first-order valence-electron chi connectivity index (χ1n) is 12.4. The molecule has 0 aliphatic carbocycles. The van der Waals surface area contributed by atoms with Gasteiger partial charge in [0, 0.05) is 12.7 Å². The number of pyridine rings is 1. The van der Waals surface area contributed by atoms with Crippen LogP contribution in [-0.2, 0) is 14.6 Å². The lowest BCUT2D eigenvalue weighted by Gasteiger charge is -2.20. The molecule has 4 heterocycles. The predicted molar refractivity (Wildman–Crippen MR) is 150 cm³/mol. The number of hydrogen-bond donors (Lipinski definition) is 1. The third-order valence-electron chi connectivity index (χ3n) is 6.50. The van der Waals surface area contributed by atoms with Gasteiger partial charge in [-0.1, -0.05) is 69.1 Å². The predicted octanol–water partition coefficient (Wildman–Crippen LogP) is 4.16. The van der Waals surface area contributed by atoms with Gasteiger partial charge in [-0.3, -0.25) is 18.9 Å². The van der Waals surface area contributed by atoms with E-state index in [0.717, 1.165) is 30.2 Å². The van der Waals surface area contributed by atoms with Crippen molar-refractivity contribution in [3.8, 4) is 0 Å². The number of anilines is 1. The van der Waals surface area contributed by atoms with Crippen molar-refractivity contribution >= 4 is 61.6 Å². The Morgan fingerprint density at radius 3 is 2.67 bits per heavy atom. The molecule has 1 amide bonds. The summed E-state index contributed by atoms with van der Waals surface area (Å²) in [5.41, 5.74) is 1.46. The van der Waals surface area contributed by atoms with Crippen LogP contribution in [0.4, 0.5) is 5.82 Å². The zero-order valence-corrected chi connectivity index (χ0v) is 23.1. The van der Waals surface area contributed by atoms with Crippen LogP contribution in [0.25, 0.3) is 11.7 Å². The lowest BCUT2D eigenvalue weighted by atomic mass is 10.1. The van der Waals surface area contributed by atoms with Crippen LogP contribution >= 0.6 is 24.0 Å². The molecule has 2 aliphatic rings. The molecule has 1 N–H and O–H groups in total. The minimum absolute atomic E-state index is 0.0512. The molecule has 2 saturated heterocycles. The van der Waals surface area contributed by atoms with Crippen LogP contribution < -0.4 is 10.9 Å². The zero-order chi connectivity index (χ0) is 25.9. The SMILES string of the molecule is CCCCCCCCNc1nc2ccc(C)cn2c(=O)c1C=C1SC(=S)N([C@@H]2CCS(=O)(=O)C2)C1=O. The van der Waals surface area contributed by atoms with Gasteiger partial charge < -0.3 is 5.32 Å². The summed E-state index contributed by atoms with van der Waals surface area (Å²) >= 11 is 6.53. The Kier molecular flexibility index (Phi) is 8.52. The number of rotatable bonds is 10. The fraction of sp³-hybridized carbons (Fsp3) is 0.520. The second-order valence-electron chi connectivity index (χ2n) is 9.42. The number of fused-ring (bicyclic) bond motifs is 1. The first kappa shape index (κ1) is 26.8. The van der Waals surface area contributed by atoms with Crippen molar-refractivity contribution in [1.82, 2.24) is 14.3 Å². The molecule has 2 aromatic heterocycles. The van der Waals surface area contributed by atoms with Crippen molar-refractivity contribution in [2.45, 2.75) is 64.8 Å². The van der Waals surface area contributed by atoms with E-state index in [1.54, 1.807) is 18.3 Å². The fourth-order valence-electron chi connectivity index (χ4n) is 4.54. The Bertz CT molecular complexity index is 1370. The number of amides is 1. The molecule has 0 radical (unpaired) electrons. The molecule has 36 heavy (non-hydrogen) atoms. The summed E-state index contributed by atoms with van der Waals surface area (Å²) in [5, 5.41) is 3.31. The average molecular weight is 549 g/mol. The largest absolute Gasteiger partial charge is 0.369 e. The van der Waals surface area contributed by atoms with Gasteiger partial charge in [0.05, 0.1) is 28.0 Å². The number of nitrogens with zero attached hydrogens (tertiary/aromatic N) is 3. The van der Waals surface area contributed by atoms with E-state index in [-0.39, 0.29) is 23.0 Å². The van der Waals surface area contributed by atoms with E-state index < -0.39 is 15.9 Å². The Morgan fingerprint density at radius 1 is 1.19 bits per heavy atom. The molecule has 0 saturated carbocycles. The third kappa shape index (κ3) is 6.00. The van der Waals surface area contributed by atoms with E-state index in [1.165, 1.54) is 35.0 Å². The summed E-state index contributed by atoms with van der Waals surface area (Å²) in [4.78, 5) is 33.1. The van der Waals surface area contributed by atoms with E-state index in [0.29, 0.717) is 39.2 Å². The summed E-state index contributed by atoms with van der Waals surface area (Å²) in [5.74, 6) is 0.0427. The van der Waals surface area contributed by atoms with Gasteiger partial charge >= 0.3 is 0 Å². The van der Waals surface area contributed by atoms with Gasteiger partial charge in [0.25, 0.3) is 11.5 Å². The van der Waals surface area contributed by atoms with E-state index in [9.17, 15) is 18.0 Å². The maximum Gasteiger partial charge on any atom is 0.267 e. The molecule has 194 valence electrons. The highest BCUT2D eigenvalue weighted by atomic mass is 32.2. The van der Waals surface area contributed by atoms with Gasteiger partial charge in [0.15, 0.2) is 9.84 Å². The van der Waals surface area contributed by atoms with Crippen molar-refractivity contribution in [2.75, 3.05) is 23.4 Å². The van der Waals surface area contributed by atoms with Crippen LogP contribution in [0.15, 0.2) is 28.0 Å². The molecule has 4 rings (SSSR count).